The molecule has 0 N–H and O–H groups in total. The Bertz CT molecular complexity index is 1190. The molecule has 0 radical (unpaired) electrons. The van der Waals surface area contributed by atoms with Gasteiger partial charge in [-0.15, -0.1) is 4.40 Å². The number of hydrogen-bond acceptors (Lipinski definition) is 6. The maximum absolute atomic E-state index is 12.7. The molecule has 2 aliphatic rings. The van der Waals surface area contributed by atoms with Crippen LogP contribution in [0.5, 0.6) is 0 Å². The van der Waals surface area contributed by atoms with Gasteiger partial charge < -0.3 is 9.64 Å². The molecule has 4 rings (SSSR count). The number of anilines is 1. The van der Waals surface area contributed by atoms with Crippen molar-refractivity contribution in [3.8, 4) is 0 Å². The summed E-state index contributed by atoms with van der Waals surface area (Å²) in [7, 11) is -3.97. The van der Waals surface area contributed by atoms with Crippen molar-refractivity contribution in [3.63, 3.8) is 0 Å². The second-order valence-electron chi connectivity index (χ2n) is 7.61. The molecule has 2 heterocycles. The minimum absolute atomic E-state index is 0.0623. The molecule has 0 aromatic heterocycles. The van der Waals surface area contributed by atoms with Gasteiger partial charge in [-0.1, -0.05) is 47.9 Å². The number of benzene rings is 2. The molecule has 1 saturated heterocycles. The Hall–Kier alpha value is -2.71. The number of ether oxygens (including phenoxy) is 1. The second kappa shape index (κ2) is 8.43. The summed E-state index contributed by atoms with van der Waals surface area (Å²) in [6, 6.07) is 9.54. The molecule has 0 atom stereocenters. The zero-order valence-corrected chi connectivity index (χ0v) is 18.5. The molecular formula is C22H21ClN2O5S. The summed E-state index contributed by atoms with van der Waals surface area (Å²) in [5, 5.41) is 0.0623. The highest BCUT2D eigenvalue weighted by atomic mass is 35.5. The van der Waals surface area contributed by atoms with Gasteiger partial charge in [-0.05, 0) is 31.9 Å². The van der Waals surface area contributed by atoms with Crippen molar-refractivity contribution in [3.05, 3.63) is 58.1 Å². The van der Waals surface area contributed by atoms with Crippen LogP contribution in [-0.4, -0.2) is 39.2 Å². The summed E-state index contributed by atoms with van der Waals surface area (Å²) in [5.74, 6) is -0.733. The maximum Gasteiger partial charge on any atom is 0.340 e. The van der Waals surface area contributed by atoms with E-state index in [-0.39, 0.29) is 21.3 Å². The second-order valence-corrected chi connectivity index (χ2v) is 9.59. The largest absolute Gasteiger partial charge is 0.454 e. The van der Waals surface area contributed by atoms with Gasteiger partial charge in [0.05, 0.1) is 16.3 Å². The Kier molecular flexibility index (Phi) is 5.85. The van der Waals surface area contributed by atoms with E-state index in [0.29, 0.717) is 30.1 Å². The van der Waals surface area contributed by atoms with Crippen molar-refractivity contribution in [2.75, 3.05) is 18.1 Å². The molecule has 2 aliphatic heterocycles. The highest BCUT2D eigenvalue weighted by Crippen LogP contribution is 2.38. The number of halogens is 1. The number of Topliss-reactive ketones (excluding diaryl/α,β-unsaturated/α-hetero) is 1. The Morgan fingerprint density at radius 1 is 1.13 bits per heavy atom. The number of carbonyl (C=O) groups excluding carboxylic acids is 2. The smallest absolute Gasteiger partial charge is 0.340 e. The summed E-state index contributed by atoms with van der Waals surface area (Å²) < 4.78 is 34.6. The summed E-state index contributed by atoms with van der Waals surface area (Å²) >= 11 is 6.32. The van der Waals surface area contributed by atoms with E-state index in [2.05, 4.69) is 4.40 Å². The van der Waals surface area contributed by atoms with Gasteiger partial charge in [0.15, 0.2) is 12.4 Å². The van der Waals surface area contributed by atoms with E-state index in [4.69, 9.17) is 16.3 Å². The average Bonchev–Trinajstić information content (AvgIpc) is 2.96. The number of ketones is 1. The van der Waals surface area contributed by atoms with Crippen molar-refractivity contribution in [2.45, 2.75) is 37.5 Å². The van der Waals surface area contributed by atoms with Crippen LogP contribution >= 0.6 is 11.6 Å². The van der Waals surface area contributed by atoms with Crippen LogP contribution in [0.2, 0.25) is 5.02 Å². The lowest BCUT2D eigenvalue weighted by Gasteiger charge is -2.30. The van der Waals surface area contributed by atoms with Gasteiger partial charge in [0, 0.05) is 18.5 Å². The molecule has 0 aliphatic carbocycles. The number of rotatable bonds is 4. The predicted molar refractivity (Wildman–Crippen MR) is 118 cm³/mol. The predicted octanol–water partition coefficient (Wildman–Crippen LogP) is 4.17. The Morgan fingerprint density at radius 2 is 1.87 bits per heavy atom. The summed E-state index contributed by atoms with van der Waals surface area (Å²) in [6.07, 6.45) is 3.33. The van der Waals surface area contributed by atoms with Crippen LogP contribution in [0.1, 0.15) is 52.0 Å². The summed E-state index contributed by atoms with van der Waals surface area (Å²) in [5.41, 5.74) is 1.73. The zero-order valence-electron chi connectivity index (χ0n) is 16.9. The van der Waals surface area contributed by atoms with Gasteiger partial charge in [0.1, 0.15) is 10.7 Å². The number of carbonyl (C=O) groups is 2. The standard InChI is InChI=1S/C22H21ClN2O5S/c1-14-6-8-15(9-7-14)19(26)13-30-22(27)16-11-20-18(12-17(16)23)25-10-4-2-3-5-21(25)24-31(20,28)29/h6-9,11-12H,2-5,10,13H2,1H3. The fourth-order valence-corrected chi connectivity index (χ4v) is 5.19. The van der Waals surface area contributed by atoms with Crippen LogP contribution in [0.25, 0.3) is 0 Å². The van der Waals surface area contributed by atoms with Crippen LogP contribution in [-0.2, 0) is 14.8 Å². The molecule has 0 unspecified atom stereocenters. The van der Waals surface area contributed by atoms with Crippen molar-refractivity contribution in [2.24, 2.45) is 4.40 Å². The van der Waals surface area contributed by atoms with Gasteiger partial charge in [-0.3, -0.25) is 4.79 Å². The van der Waals surface area contributed by atoms with E-state index >= 15 is 0 Å². The Labute approximate surface area is 185 Å². The molecule has 1 fully saturated rings. The lowest BCUT2D eigenvalue weighted by Crippen LogP contribution is -2.35. The van der Waals surface area contributed by atoms with E-state index < -0.39 is 22.6 Å². The summed E-state index contributed by atoms with van der Waals surface area (Å²) in [6.45, 7) is 2.06. The lowest BCUT2D eigenvalue weighted by molar-refractivity contribution is 0.0474. The van der Waals surface area contributed by atoms with E-state index in [1.807, 2.05) is 11.8 Å². The first-order chi connectivity index (χ1) is 14.8. The number of nitrogens with zero attached hydrogens (tertiary/aromatic N) is 2. The van der Waals surface area contributed by atoms with Gasteiger partial charge in [-0.25, -0.2) is 4.79 Å². The van der Waals surface area contributed by atoms with E-state index in [9.17, 15) is 18.0 Å². The van der Waals surface area contributed by atoms with Gasteiger partial charge in [0.25, 0.3) is 10.0 Å². The Balaban J connectivity index is 1.59. The maximum atomic E-state index is 12.7. The normalized spacial score (nSPS) is 17.1. The quantitative estimate of drug-likeness (QED) is 0.502. The van der Waals surface area contributed by atoms with Crippen molar-refractivity contribution < 1.29 is 22.7 Å². The van der Waals surface area contributed by atoms with Gasteiger partial charge in [-0.2, -0.15) is 8.42 Å². The fourth-order valence-electron chi connectivity index (χ4n) is 3.68. The topological polar surface area (TPSA) is 93.1 Å². The lowest BCUT2D eigenvalue weighted by atomic mass is 10.1. The Morgan fingerprint density at radius 3 is 2.61 bits per heavy atom. The van der Waals surface area contributed by atoms with Crippen molar-refractivity contribution in [1.29, 1.82) is 0 Å². The minimum Gasteiger partial charge on any atom is -0.454 e. The third-order valence-electron chi connectivity index (χ3n) is 5.36. The molecule has 0 saturated carbocycles. The van der Waals surface area contributed by atoms with Crippen LogP contribution in [0.4, 0.5) is 5.69 Å². The average molecular weight is 461 g/mol. The van der Waals surface area contributed by atoms with E-state index in [1.54, 1.807) is 24.3 Å². The molecule has 2 aromatic rings. The molecule has 0 spiro atoms. The number of hydrogen-bond donors (Lipinski definition) is 0. The third-order valence-corrected chi connectivity index (χ3v) is 7.01. The first-order valence-electron chi connectivity index (χ1n) is 9.98. The molecule has 0 amide bonds. The molecule has 162 valence electrons. The van der Waals surface area contributed by atoms with Crippen molar-refractivity contribution >= 4 is 44.9 Å². The van der Waals surface area contributed by atoms with Crippen LogP contribution < -0.4 is 4.90 Å². The van der Waals surface area contributed by atoms with Gasteiger partial charge >= 0.3 is 5.97 Å². The molecular weight excluding hydrogens is 440 g/mol. The number of fused-ring (bicyclic) bond motifs is 3. The highest BCUT2D eigenvalue weighted by molar-refractivity contribution is 7.90. The minimum atomic E-state index is -3.97. The number of amidine groups is 1. The first kappa shape index (κ1) is 21.5. The molecule has 2 aromatic carbocycles. The van der Waals surface area contributed by atoms with Crippen molar-refractivity contribution in [1.82, 2.24) is 0 Å². The summed E-state index contributed by atoms with van der Waals surface area (Å²) in [4.78, 5) is 26.6. The van der Waals surface area contributed by atoms with Crippen LogP contribution in [0, 0.1) is 6.92 Å². The molecule has 31 heavy (non-hydrogen) atoms. The monoisotopic (exact) mass is 460 g/mol. The first-order valence-corrected chi connectivity index (χ1v) is 11.8. The molecule has 9 heteroatoms. The van der Waals surface area contributed by atoms with Crippen LogP contribution in [0.15, 0.2) is 45.7 Å². The van der Waals surface area contributed by atoms with Gasteiger partial charge in [0.2, 0.25) is 0 Å². The highest BCUT2D eigenvalue weighted by Gasteiger charge is 2.33. The third kappa shape index (κ3) is 4.36. The molecule has 7 nitrogen and oxygen atoms in total. The van der Waals surface area contributed by atoms with E-state index in [1.165, 1.54) is 12.1 Å². The fraction of sp³-hybridized carbons (Fsp3) is 0.318. The zero-order chi connectivity index (χ0) is 22.2. The SMILES string of the molecule is Cc1ccc(C(=O)COC(=O)c2cc3c(cc2Cl)N2CCCCCC2=NS3(=O)=O)cc1. The number of sulfonamides is 1. The molecule has 0 bridgehead atoms. The number of aryl methyl sites for hydroxylation is 1. The van der Waals surface area contributed by atoms with Crippen LogP contribution in [0.3, 0.4) is 0 Å². The number of esters is 1. The van der Waals surface area contributed by atoms with E-state index in [0.717, 1.165) is 24.8 Å².